The quantitative estimate of drug-likeness (QED) is 0.776. The van der Waals surface area contributed by atoms with E-state index < -0.39 is 11.7 Å². The number of hydrogen-bond acceptors (Lipinski definition) is 6. The van der Waals surface area contributed by atoms with Gasteiger partial charge in [-0.05, 0) is 32.4 Å². The third kappa shape index (κ3) is 4.57. The first-order chi connectivity index (χ1) is 11.0. The van der Waals surface area contributed by atoms with E-state index in [1.807, 2.05) is 26.0 Å². The van der Waals surface area contributed by atoms with Gasteiger partial charge in [0.15, 0.2) is 13.6 Å². The van der Waals surface area contributed by atoms with Crippen LogP contribution in [0.2, 0.25) is 0 Å². The predicted molar refractivity (Wildman–Crippen MR) is 84.6 cm³/mol. The molecule has 6 heteroatoms. The maximum atomic E-state index is 10.1. The Hall–Kier alpha value is -1.34. The van der Waals surface area contributed by atoms with E-state index in [0.717, 1.165) is 5.56 Å². The maximum Gasteiger partial charge on any atom is 0.188 e. The molecule has 1 N–H and O–H groups in total. The van der Waals surface area contributed by atoms with Gasteiger partial charge in [0.1, 0.15) is 11.5 Å². The molecule has 0 saturated carbocycles. The monoisotopic (exact) mass is 326 g/mol. The van der Waals surface area contributed by atoms with Crippen LogP contribution in [0.4, 0.5) is 0 Å². The zero-order chi connectivity index (χ0) is 16.9. The Bertz CT molecular complexity index is 494. The molecule has 0 amide bonds. The average molecular weight is 326 g/mol. The fourth-order valence-corrected chi connectivity index (χ4v) is 3.03. The van der Waals surface area contributed by atoms with E-state index in [0.29, 0.717) is 24.3 Å². The molecule has 0 bridgehead atoms. The van der Waals surface area contributed by atoms with Gasteiger partial charge in [-0.3, -0.25) is 0 Å². The minimum Gasteiger partial charge on any atom is -0.467 e. The van der Waals surface area contributed by atoms with Gasteiger partial charge in [0.05, 0.1) is 17.8 Å². The number of methoxy groups -OCH3 is 2. The summed E-state index contributed by atoms with van der Waals surface area (Å²) in [5.74, 6) is 1.25. The normalized spacial score (nSPS) is 27.7. The lowest BCUT2D eigenvalue weighted by molar-refractivity contribution is -0.152. The Kier molecular flexibility index (Phi) is 6.24. The van der Waals surface area contributed by atoms with Crippen LogP contribution in [-0.4, -0.2) is 45.1 Å². The molecule has 1 aromatic carbocycles. The van der Waals surface area contributed by atoms with E-state index in [9.17, 15) is 5.11 Å². The fourth-order valence-electron chi connectivity index (χ4n) is 3.03. The lowest BCUT2D eigenvalue weighted by Crippen LogP contribution is -2.41. The van der Waals surface area contributed by atoms with Crippen molar-refractivity contribution in [1.29, 1.82) is 0 Å². The molecule has 23 heavy (non-hydrogen) atoms. The second-order valence-corrected chi connectivity index (χ2v) is 6.01. The van der Waals surface area contributed by atoms with Crippen molar-refractivity contribution >= 4 is 0 Å². The van der Waals surface area contributed by atoms with E-state index in [2.05, 4.69) is 0 Å². The van der Waals surface area contributed by atoms with Crippen LogP contribution >= 0.6 is 0 Å². The Morgan fingerprint density at radius 2 is 1.91 bits per heavy atom. The molecular formula is C17H26O6. The molecule has 1 aliphatic rings. The number of hydrogen-bond donors (Lipinski definition) is 1. The molecule has 0 aliphatic carbocycles. The maximum absolute atomic E-state index is 10.1. The molecular weight excluding hydrogens is 300 g/mol. The molecule has 0 spiro atoms. The van der Waals surface area contributed by atoms with Gasteiger partial charge in [-0.2, -0.15) is 0 Å². The van der Waals surface area contributed by atoms with E-state index in [1.165, 1.54) is 0 Å². The average Bonchev–Trinajstić information content (AvgIpc) is 2.49. The second-order valence-electron chi connectivity index (χ2n) is 6.01. The molecule has 1 aromatic rings. The van der Waals surface area contributed by atoms with Gasteiger partial charge in [-0.1, -0.05) is 0 Å². The zero-order valence-corrected chi connectivity index (χ0v) is 14.2. The number of aliphatic hydroxyl groups excluding tert-OH is 1. The van der Waals surface area contributed by atoms with Crippen molar-refractivity contribution in [1.82, 2.24) is 0 Å². The summed E-state index contributed by atoms with van der Waals surface area (Å²) in [5.41, 5.74) is 0.241. The van der Waals surface area contributed by atoms with Gasteiger partial charge in [-0.25, -0.2) is 0 Å². The van der Waals surface area contributed by atoms with Crippen LogP contribution < -0.4 is 9.47 Å². The van der Waals surface area contributed by atoms with Crippen LogP contribution in [0.5, 0.6) is 11.5 Å². The third-order valence-corrected chi connectivity index (χ3v) is 3.89. The minimum absolute atomic E-state index is 0.0246. The van der Waals surface area contributed by atoms with Crippen molar-refractivity contribution in [3.63, 3.8) is 0 Å². The van der Waals surface area contributed by atoms with Crippen molar-refractivity contribution < 1.29 is 28.8 Å². The molecule has 1 aliphatic heterocycles. The topological polar surface area (TPSA) is 66.4 Å². The fraction of sp³-hybridized carbons (Fsp3) is 0.647. The molecule has 130 valence electrons. The first kappa shape index (κ1) is 18.0. The molecule has 0 aromatic heterocycles. The summed E-state index contributed by atoms with van der Waals surface area (Å²) < 4.78 is 27.2. The van der Waals surface area contributed by atoms with E-state index in [-0.39, 0.29) is 19.7 Å². The summed E-state index contributed by atoms with van der Waals surface area (Å²) in [6, 6.07) is 5.53. The summed E-state index contributed by atoms with van der Waals surface area (Å²) >= 11 is 0. The molecule has 3 unspecified atom stereocenters. The van der Waals surface area contributed by atoms with Gasteiger partial charge in [0, 0.05) is 32.3 Å². The molecule has 1 heterocycles. The second kappa shape index (κ2) is 7.97. The standard InChI is InChI=1S/C17H26O6/c1-12-7-13(18)9-17(2,23-12)15-6-5-14(21-10-19-3)8-16(15)22-11-20-4/h5-6,8,12-13,18H,7,9-11H2,1-4H3. The largest absolute Gasteiger partial charge is 0.467 e. The molecule has 6 nitrogen and oxygen atoms in total. The summed E-state index contributed by atoms with van der Waals surface area (Å²) in [5, 5.41) is 10.1. The number of benzene rings is 1. The summed E-state index contributed by atoms with van der Waals surface area (Å²) in [4.78, 5) is 0. The van der Waals surface area contributed by atoms with Gasteiger partial charge in [-0.15, -0.1) is 0 Å². The van der Waals surface area contributed by atoms with Crippen LogP contribution in [0.15, 0.2) is 18.2 Å². The Morgan fingerprint density at radius 1 is 1.22 bits per heavy atom. The van der Waals surface area contributed by atoms with Crippen molar-refractivity contribution in [2.45, 2.75) is 44.5 Å². The van der Waals surface area contributed by atoms with Crippen LogP contribution in [-0.2, 0) is 19.8 Å². The van der Waals surface area contributed by atoms with Gasteiger partial charge in [0.2, 0.25) is 0 Å². The molecule has 1 saturated heterocycles. The minimum atomic E-state index is -0.625. The van der Waals surface area contributed by atoms with Crippen LogP contribution in [0.25, 0.3) is 0 Å². The highest BCUT2D eigenvalue weighted by atomic mass is 16.7. The van der Waals surface area contributed by atoms with Crippen molar-refractivity contribution in [3.8, 4) is 11.5 Å². The molecule has 1 fully saturated rings. The van der Waals surface area contributed by atoms with Crippen molar-refractivity contribution in [2.24, 2.45) is 0 Å². The first-order valence-electron chi connectivity index (χ1n) is 7.72. The number of aliphatic hydroxyl groups is 1. The van der Waals surface area contributed by atoms with Crippen molar-refractivity contribution in [3.05, 3.63) is 23.8 Å². The van der Waals surface area contributed by atoms with Gasteiger partial charge < -0.3 is 28.8 Å². The highest BCUT2D eigenvalue weighted by Gasteiger charge is 2.39. The summed E-state index contributed by atoms with van der Waals surface area (Å²) in [6.07, 6.45) is 0.726. The lowest BCUT2D eigenvalue weighted by atomic mass is 9.84. The van der Waals surface area contributed by atoms with E-state index in [1.54, 1.807) is 20.3 Å². The van der Waals surface area contributed by atoms with Crippen LogP contribution in [0, 0.1) is 0 Å². The van der Waals surface area contributed by atoms with Crippen LogP contribution in [0.1, 0.15) is 32.3 Å². The highest BCUT2D eigenvalue weighted by molar-refractivity contribution is 5.44. The molecule has 0 radical (unpaired) electrons. The van der Waals surface area contributed by atoms with E-state index in [4.69, 9.17) is 23.7 Å². The smallest absolute Gasteiger partial charge is 0.188 e. The first-order valence-corrected chi connectivity index (χ1v) is 7.72. The molecule has 3 atom stereocenters. The van der Waals surface area contributed by atoms with Gasteiger partial charge >= 0.3 is 0 Å². The lowest BCUT2D eigenvalue weighted by Gasteiger charge is -2.41. The van der Waals surface area contributed by atoms with Gasteiger partial charge in [0.25, 0.3) is 0 Å². The van der Waals surface area contributed by atoms with E-state index >= 15 is 0 Å². The Labute approximate surface area is 137 Å². The van der Waals surface area contributed by atoms with Crippen molar-refractivity contribution in [2.75, 3.05) is 27.8 Å². The highest BCUT2D eigenvalue weighted by Crippen LogP contribution is 2.42. The SMILES string of the molecule is COCOc1ccc(C2(C)CC(O)CC(C)O2)c(OCOC)c1. The van der Waals surface area contributed by atoms with Crippen LogP contribution in [0.3, 0.4) is 0 Å². The predicted octanol–water partition coefficient (Wildman–Crippen LogP) is 2.43. The Balaban J connectivity index is 2.31. The number of rotatable bonds is 7. The third-order valence-electron chi connectivity index (χ3n) is 3.89. The Morgan fingerprint density at radius 3 is 2.57 bits per heavy atom. The summed E-state index contributed by atoms with van der Waals surface area (Å²) in [7, 11) is 3.13. The summed E-state index contributed by atoms with van der Waals surface area (Å²) in [6.45, 7) is 4.21. The zero-order valence-electron chi connectivity index (χ0n) is 14.2. The number of ether oxygens (including phenoxy) is 5. The molecule has 2 rings (SSSR count).